The van der Waals surface area contributed by atoms with Crippen molar-refractivity contribution in [3.05, 3.63) is 95.1 Å². The molecule has 4 heterocycles. The smallest absolute Gasteiger partial charge is 0.240 e. The normalized spacial score (nSPS) is 16.7. The highest BCUT2D eigenvalue weighted by Crippen LogP contribution is 2.45. The van der Waals surface area contributed by atoms with E-state index in [1.165, 1.54) is 18.2 Å². The molecular weight excluding hydrogens is 480 g/mol. The summed E-state index contributed by atoms with van der Waals surface area (Å²) < 4.78 is 30.2. The Morgan fingerprint density at radius 1 is 1.11 bits per heavy atom. The summed E-state index contributed by atoms with van der Waals surface area (Å²) >= 11 is 0. The van der Waals surface area contributed by atoms with Crippen LogP contribution in [0.4, 0.5) is 20.4 Å². The molecule has 37 heavy (non-hydrogen) atoms. The van der Waals surface area contributed by atoms with Gasteiger partial charge in [0.25, 0.3) is 0 Å². The zero-order chi connectivity index (χ0) is 25.9. The summed E-state index contributed by atoms with van der Waals surface area (Å²) in [6.45, 7) is 1.59. The molecule has 1 amide bonds. The van der Waals surface area contributed by atoms with E-state index in [1.54, 1.807) is 48.1 Å². The molecule has 3 aromatic heterocycles. The van der Waals surface area contributed by atoms with Gasteiger partial charge in [-0.2, -0.15) is 0 Å². The van der Waals surface area contributed by atoms with Crippen molar-refractivity contribution in [3.8, 4) is 17.3 Å². The molecule has 1 aliphatic heterocycles. The van der Waals surface area contributed by atoms with Crippen LogP contribution in [-0.2, 0) is 16.6 Å². The molecule has 0 fully saturated rings. The number of benzene rings is 2. The van der Waals surface area contributed by atoms with Crippen LogP contribution in [-0.4, -0.2) is 35.4 Å². The summed E-state index contributed by atoms with van der Waals surface area (Å²) in [4.78, 5) is 31.0. The van der Waals surface area contributed by atoms with E-state index in [-0.39, 0.29) is 35.3 Å². The zero-order valence-corrected chi connectivity index (χ0v) is 19.4. The number of fused-ring (bicyclic) bond motifs is 2. The second-order valence-electron chi connectivity index (χ2n) is 8.90. The molecule has 0 bridgehead atoms. The number of aromatic nitrogens is 5. The number of phenols is 1. The van der Waals surface area contributed by atoms with Crippen LogP contribution in [0.1, 0.15) is 29.3 Å². The van der Waals surface area contributed by atoms with Gasteiger partial charge < -0.3 is 20.6 Å². The number of carbonyl (C=O) groups is 1. The number of phenolic OH excluding ortho intramolecular Hbond substituents is 1. The minimum atomic E-state index is -1.38. The summed E-state index contributed by atoms with van der Waals surface area (Å²) in [6.07, 6.45) is 5.18. The molecule has 0 aliphatic carbocycles. The maximum Gasteiger partial charge on any atom is 0.240 e. The molecule has 9 nitrogen and oxygen atoms in total. The number of nitrogens with zero attached hydrogens (tertiary/aromatic N) is 5. The fourth-order valence-corrected chi connectivity index (χ4v) is 4.66. The standard InChI is InChI=1S/C26H19F2N7O2/c1-26(14-6-7-19(36)16(28)11-14)20-21(29)32-22(33-23(20)34-25(26)37)18-12-35-9-8-30-24(35)17(31-18)10-13-4-2-3-5-15(13)27/h2-9,11-12,36H,10H2,1H3,(H3,29,32,33,34,37)/t26-/m0/s1. The Morgan fingerprint density at radius 3 is 2.70 bits per heavy atom. The van der Waals surface area contributed by atoms with Gasteiger partial charge in [-0.05, 0) is 36.2 Å². The number of nitrogens with two attached hydrogens (primary N) is 1. The first kappa shape index (κ1) is 22.5. The highest BCUT2D eigenvalue weighted by atomic mass is 19.1. The molecule has 1 atom stereocenters. The molecule has 0 spiro atoms. The topological polar surface area (TPSA) is 131 Å². The number of carbonyl (C=O) groups excluding carboxylic acids is 1. The maximum absolute atomic E-state index is 14.4. The van der Waals surface area contributed by atoms with Gasteiger partial charge in [0.2, 0.25) is 5.91 Å². The molecule has 184 valence electrons. The van der Waals surface area contributed by atoms with Crippen LogP contribution in [0.2, 0.25) is 0 Å². The van der Waals surface area contributed by atoms with Gasteiger partial charge in [-0.1, -0.05) is 24.3 Å². The molecular formula is C26H19F2N7O2. The maximum atomic E-state index is 14.4. The predicted molar refractivity (Wildman–Crippen MR) is 131 cm³/mol. The van der Waals surface area contributed by atoms with Crippen LogP contribution in [0, 0.1) is 11.6 Å². The Balaban J connectivity index is 1.47. The fraction of sp³-hybridized carbons (Fsp3) is 0.115. The molecule has 6 rings (SSSR count). The van der Waals surface area contributed by atoms with E-state index in [4.69, 9.17) is 5.73 Å². The number of imidazole rings is 1. The fourth-order valence-electron chi connectivity index (χ4n) is 4.66. The quantitative estimate of drug-likeness (QED) is 0.344. The number of anilines is 2. The summed E-state index contributed by atoms with van der Waals surface area (Å²) in [5.41, 5.74) is 7.39. The van der Waals surface area contributed by atoms with Crippen molar-refractivity contribution in [2.24, 2.45) is 0 Å². The Bertz CT molecular complexity index is 1740. The molecule has 5 aromatic rings. The number of aromatic hydroxyl groups is 1. The Hall–Kier alpha value is -4.93. The number of amides is 1. The van der Waals surface area contributed by atoms with Crippen molar-refractivity contribution in [1.29, 1.82) is 0 Å². The summed E-state index contributed by atoms with van der Waals surface area (Å²) in [5, 5.41) is 12.3. The lowest BCUT2D eigenvalue weighted by Gasteiger charge is -2.23. The third kappa shape index (κ3) is 3.46. The number of hydrogen-bond acceptors (Lipinski definition) is 7. The molecule has 2 aromatic carbocycles. The monoisotopic (exact) mass is 499 g/mol. The van der Waals surface area contributed by atoms with Gasteiger partial charge in [-0.25, -0.2) is 28.7 Å². The average molecular weight is 499 g/mol. The van der Waals surface area contributed by atoms with Crippen molar-refractivity contribution in [1.82, 2.24) is 24.3 Å². The van der Waals surface area contributed by atoms with Crippen molar-refractivity contribution in [2.45, 2.75) is 18.8 Å². The molecule has 4 N–H and O–H groups in total. The van der Waals surface area contributed by atoms with Crippen LogP contribution in [0.5, 0.6) is 5.75 Å². The average Bonchev–Trinajstić information content (AvgIpc) is 3.45. The molecule has 0 unspecified atom stereocenters. The van der Waals surface area contributed by atoms with Crippen LogP contribution in [0.25, 0.3) is 17.2 Å². The summed E-state index contributed by atoms with van der Waals surface area (Å²) in [6, 6.07) is 10.1. The van der Waals surface area contributed by atoms with Gasteiger partial charge in [-0.15, -0.1) is 0 Å². The third-order valence-corrected chi connectivity index (χ3v) is 6.64. The van der Waals surface area contributed by atoms with Crippen molar-refractivity contribution < 1.29 is 18.7 Å². The highest BCUT2D eigenvalue weighted by molar-refractivity contribution is 6.09. The molecule has 1 aliphatic rings. The van der Waals surface area contributed by atoms with E-state index >= 15 is 0 Å². The second-order valence-corrected chi connectivity index (χ2v) is 8.90. The van der Waals surface area contributed by atoms with Gasteiger partial charge in [0.05, 0.1) is 11.3 Å². The van der Waals surface area contributed by atoms with E-state index in [0.29, 0.717) is 28.2 Å². The van der Waals surface area contributed by atoms with E-state index in [0.717, 1.165) is 6.07 Å². The number of nitrogens with one attached hydrogen (secondary N) is 1. The van der Waals surface area contributed by atoms with E-state index in [2.05, 4.69) is 25.3 Å². The molecule has 0 saturated carbocycles. The Morgan fingerprint density at radius 2 is 1.92 bits per heavy atom. The SMILES string of the molecule is C[C@@]1(c2ccc(O)c(F)c2)C(=O)Nc2nc(-c3cn4ccnc4c(Cc4ccccc4F)n3)nc(N)c21. The van der Waals surface area contributed by atoms with Crippen molar-refractivity contribution in [2.75, 3.05) is 11.1 Å². The number of hydrogen-bond donors (Lipinski definition) is 3. The molecule has 0 saturated heterocycles. The predicted octanol–water partition coefficient (Wildman–Crippen LogP) is 3.60. The van der Waals surface area contributed by atoms with Crippen LogP contribution >= 0.6 is 0 Å². The minimum Gasteiger partial charge on any atom is -0.505 e. The highest BCUT2D eigenvalue weighted by Gasteiger charge is 2.48. The van der Waals surface area contributed by atoms with E-state index in [9.17, 15) is 18.7 Å². The largest absolute Gasteiger partial charge is 0.505 e. The summed E-state index contributed by atoms with van der Waals surface area (Å²) in [7, 11) is 0. The Labute approximate surface area is 208 Å². The first-order chi connectivity index (χ1) is 17.8. The lowest BCUT2D eigenvalue weighted by Crippen LogP contribution is -2.33. The zero-order valence-electron chi connectivity index (χ0n) is 19.4. The van der Waals surface area contributed by atoms with Crippen LogP contribution < -0.4 is 11.1 Å². The first-order valence-electron chi connectivity index (χ1n) is 11.3. The number of rotatable bonds is 4. The molecule has 11 heteroatoms. The number of halogens is 2. The van der Waals surface area contributed by atoms with Gasteiger partial charge in [-0.3, -0.25) is 4.79 Å². The van der Waals surface area contributed by atoms with Gasteiger partial charge in [0.15, 0.2) is 23.0 Å². The third-order valence-electron chi connectivity index (χ3n) is 6.64. The van der Waals surface area contributed by atoms with Gasteiger partial charge in [0, 0.05) is 25.0 Å². The second kappa shape index (κ2) is 8.05. The summed E-state index contributed by atoms with van der Waals surface area (Å²) in [5.74, 6) is -1.89. The first-order valence-corrected chi connectivity index (χ1v) is 11.3. The lowest BCUT2D eigenvalue weighted by atomic mass is 9.77. The van der Waals surface area contributed by atoms with Crippen molar-refractivity contribution >= 4 is 23.2 Å². The van der Waals surface area contributed by atoms with Crippen LogP contribution in [0.15, 0.2) is 61.1 Å². The van der Waals surface area contributed by atoms with Crippen molar-refractivity contribution in [3.63, 3.8) is 0 Å². The Kier molecular flexibility index (Phi) is 4.90. The van der Waals surface area contributed by atoms with E-state index < -0.39 is 22.9 Å². The van der Waals surface area contributed by atoms with E-state index in [1.807, 2.05) is 0 Å². The van der Waals surface area contributed by atoms with Gasteiger partial charge >= 0.3 is 0 Å². The lowest BCUT2D eigenvalue weighted by molar-refractivity contribution is -0.119. The number of nitrogen functional groups attached to an aromatic ring is 1. The van der Waals surface area contributed by atoms with Crippen LogP contribution in [0.3, 0.4) is 0 Å². The minimum absolute atomic E-state index is 0.0116. The molecule has 0 radical (unpaired) electrons. The van der Waals surface area contributed by atoms with Gasteiger partial charge in [0.1, 0.15) is 28.6 Å².